The first-order valence-electron chi connectivity index (χ1n) is 16.8. The summed E-state index contributed by atoms with van der Waals surface area (Å²) in [5.41, 5.74) is 6.20. The molecule has 246 valence electrons. The van der Waals surface area contributed by atoms with Gasteiger partial charge in [0, 0.05) is 79.9 Å². The first-order valence-corrected chi connectivity index (χ1v) is 18.0. The van der Waals surface area contributed by atoms with Gasteiger partial charge in [0.05, 0.1) is 11.7 Å². The normalized spacial score (nSPS) is 21.1. The Morgan fingerprint density at radius 2 is 1.74 bits per heavy atom. The molecule has 1 aromatic carbocycles. The van der Waals surface area contributed by atoms with Crippen molar-refractivity contribution < 1.29 is 9.59 Å². The highest BCUT2D eigenvalue weighted by molar-refractivity contribution is 7.98. The molecule has 7 rings (SSSR count). The highest BCUT2D eigenvalue weighted by Crippen LogP contribution is 2.32. The lowest BCUT2D eigenvalue weighted by atomic mass is 9.89. The smallest absolute Gasteiger partial charge is 0.318 e. The monoisotopic (exact) mass is 646 g/mol. The molecule has 1 atom stereocenters. The summed E-state index contributed by atoms with van der Waals surface area (Å²) in [5, 5.41) is 11.4. The summed E-state index contributed by atoms with van der Waals surface area (Å²) in [4.78, 5) is 52.5. The van der Waals surface area contributed by atoms with Gasteiger partial charge in [0.15, 0.2) is 0 Å². The Hall–Kier alpha value is -3.35. The summed E-state index contributed by atoms with van der Waals surface area (Å²) in [7, 11) is 2.18. The number of carbonyl (C=O) groups is 2. The molecule has 4 aliphatic heterocycles. The molecule has 3 saturated heterocycles. The molecule has 46 heavy (non-hydrogen) atoms. The van der Waals surface area contributed by atoms with Gasteiger partial charge in [0.25, 0.3) is 5.56 Å². The van der Waals surface area contributed by atoms with Gasteiger partial charge in [-0.2, -0.15) is 16.9 Å². The number of likely N-dealkylation sites (tertiary alicyclic amines) is 2. The molecule has 0 bridgehead atoms. The molecule has 0 unspecified atom stereocenters. The number of carbonyl (C=O) groups excluding carboxylic acids is 2. The number of aryl methyl sites for hydroxylation is 1. The average molecular weight is 647 g/mol. The zero-order chi connectivity index (χ0) is 31.8. The Labute approximate surface area is 274 Å². The number of nitrogens with one attached hydrogen (secondary N) is 3. The average Bonchev–Trinajstić information content (AvgIpc) is 3.74. The van der Waals surface area contributed by atoms with Crippen LogP contribution in [0.5, 0.6) is 0 Å². The van der Waals surface area contributed by atoms with Crippen molar-refractivity contribution in [2.24, 2.45) is 0 Å². The number of rotatable bonds is 6. The van der Waals surface area contributed by atoms with Crippen LogP contribution in [0.2, 0.25) is 0 Å². The molecule has 2 aromatic heterocycles. The lowest BCUT2D eigenvalue weighted by Gasteiger charge is -2.43. The number of urea groups is 1. The summed E-state index contributed by atoms with van der Waals surface area (Å²) in [6, 6.07) is 5.96. The largest absolute Gasteiger partial charge is 0.338 e. The fourth-order valence-electron chi connectivity index (χ4n) is 7.84. The number of thioether (sulfide) groups is 1. The maximum absolute atomic E-state index is 14.1. The van der Waals surface area contributed by atoms with Crippen LogP contribution in [0.4, 0.5) is 4.79 Å². The lowest BCUT2D eigenvalue weighted by molar-refractivity contribution is -0.135. The van der Waals surface area contributed by atoms with E-state index in [2.05, 4.69) is 55.5 Å². The SMILES string of the molecule is Cc1cc(C[C@@H](NC(=O)N2CCC(c3cc4c([nH]c3=O)CSC4)CC2)C(=O)N2CCN(C3CCN(C)CC3)CC2)cc2cn[nH]c12. The van der Waals surface area contributed by atoms with E-state index in [1.807, 2.05) is 28.5 Å². The molecule has 3 amide bonds. The fourth-order valence-corrected chi connectivity index (χ4v) is 8.88. The predicted octanol–water partition coefficient (Wildman–Crippen LogP) is 3.05. The number of H-pyrrole nitrogens is 2. The molecule has 0 aliphatic carbocycles. The summed E-state index contributed by atoms with van der Waals surface area (Å²) < 4.78 is 0. The molecule has 3 fully saturated rings. The quantitative estimate of drug-likeness (QED) is 0.377. The predicted molar refractivity (Wildman–Crippen MR) is 181 cm³/mol. The summed E-state index contributed by atoms with van der Waals surface area (Å²) >= 11 is 1.83. The standard InChI is InChI=1S/C34H46N8O3S/c1-22-15-23(16-25-19-35-38-31(22)25)17-29(33(44)41-13-11-40(12-14-41)27-5-7-39(2)8-6-27)37-34(45)42-9-3-24(4-10-42)28-18-26-20-46-21-30(26)36-32(28)43/h15-16,18-19,24,27,29H,3-14,17,20-21H2,1-2H3,(H,35,38)(H,36,43)(H,37,45)/t29-/m1/s1. The van der Waals surface area contributed by atoms with Gasteiger partial charge in [-0.1, -0.05) is 6.07 Å². The first kappa shape index (κ1) is 31.3. The minimum atomic E-state index is -0.666. The fraction of sp³-hybridized carbons (Fsp3) is 0.588. The van der Waals surface area contributed by atoms with Crippen LogP contribution in [0.1, 0.15) is 59.5 Å². The molecule has 6 heterocycles. The van der Waals surface area contributed by atoms with Crippen LogP contribution in [0.3, 0.4) is 0 Å². The minimum Gasteiger partial charge on any atom is -0.338 e. The zero-order valence-electron chi connectivity index (χ0n) is 27.0. The van der Waals surface area contributed by atoms with E-state index in [1.54, 1.807) is 6.20 Å². The second-order valence-corrected chi connectivity index (χ2v) is 14.6. The molecular formula is C34H46N8O3S. The van der Waals surface area contributed by atoms with E-state index in [1.165, 1.54) is 18.4 Å². The number of hydrogen-bond acceptors (Lipinski definition) is 7. The molecule has 12 heteroatoms. The Balaban J connectivity index is 1.02. The number of amides is 3. The summed E-state index contributed by atoms with van der Waals surface area (Å²) in [6.07, 6.45) is 6.04. The van der Waals surface area contributed by atoms with Gasteiger partial charge < -0.3 is 25.0 Å². The van der Waals surface area contributed by atoms with Crippen molar-refractivity contribution >= 4 is 34.6 Å². The van der Waals surface area contributed by atoms with E-state index < -0.39 is 6.04 Å². The second kappa shape index (κ2) is 13.4. The van der Waals surface area contributed by atoms with Crippen LogP contribution >= 0.6 is 11.8 Å². The van der Waals surface area contributed by atoms with Crippen LogP contribution in [0.25, 0.3) is 10.9 Å². The summed E-state index contributed by atoms with van der Waals surface area (Å²) in [6.45, 7) is 8.49. The van der Waals surface area contributed by atoms with Crippen LogP contribution in [0.15, 0.2) is 29.2 Å². The van der Waals surface area contributed by atoms with E-state index in [4.69, 9.17) is 0 Å². The van der Waals surface area contributed by atoms with Crippen LogP contribution in [0, 0.1) is 6.92 Å². The first-order chi connectivity index (χ1) is 22.3. The Morgan fingerprint density at radius 1 is 0.978 bits per heavy atom. The number of aromatic nitrogens is 3. The number of fused-ring (bicyclic) bond motifs is 2. The molecule has 0 saturated carbocycles. The van der Waals surface area contributed by atoms with Gasteiger partial charge in [0.2, 0.25) is 5.91 Å². The highest BCUT2D eigenvalue weighted by atomic mass is 32.2. The maximum atomic E-state index is 14.1. The van der Waals surface area contributed by atoms with Gasteiger partial charge in [-0.3, -0.25) is 19.6 Å². The molecule has 11 nitrogen and oxygen atoms in total. The lowest BCUT2D eigenvalue weighted by Crippen LogP contribution is -2.59. The summed E-state index contributed by atoms with van der Waals surface area (Å²) in [5.74, 6) is 1.92. The Morgan fingerprint density at radius 3 is 2.50 bits per heavy atom. The van der Waals surface area contributed by atoms with Crippen LogP contribution in [-0.4, -0.2) is 118 Å². The number of nitrogens with zero attached hydrogens (tertiary/aromatic N) is 5. The van der Waals surface area contributed by atoms with Gasteiger partial charge >= 0.3 is 6.03 Å². The van der Waals surface area contributed by atoms with Crippen molar-refractivity contribution in [1.29, 1.82) is 0 Å². The van der Waals surface area contributed by atoms with Gasteiger partial charge in [-0.05, 0) is 87.5 Å². The van der Waals surface area contributed by atoms with Crippen molar-refractivity contribution in [2.45, 2.75) is 68.5 Å². The van der Waals surface area contributed by atoms with Crippen LogP contribution in [-0.2, 0) is 22.7 Å². The number of benzene rings is 1. The van der Waals surface area contributed by atoms with E-state index in [0.29, 0.717) is 38.6 Å². The zero-order valence-corrected chi connectivity index (χ0v) is 27.8. The van der Waals surface area contributed by atoms with Crippen molar-refractivity contribution in [2.75, 3.05) is 59.4 Å². The van der Waals surface area contributed by atoms with E-state index in [0.717, 1.165) is 83.8 Å². The number of hydrogen-bond donors (Lipinski definition) is 3. The van der Waals surface area contributed by atoms with E-state index >= 15 is 0 Å². The molecule has 3 N–H and O–H groups in total. The van der Waals surface area contributed by atoms with Crippen LogP contribution < -0.4 is 10.9 Å². The molecule has 3 aromatic rings. The number of piperazine rings is 1. The van der Waals surface area contributed by atoms with Crippen molar-refractivity contribution in [3.63, 3.8) is 0 Å². The van der Waals surface area contributed by atoms with E-state index in [-0.39, 0.29) is 23.4 Å². The molecule has 4 aliphatic rings. The Bertz CT molecular complexity index is 1630. The number of piperidine rings is 2. The van der Waals surface area contributed by atoms with E-state index in [9.17, 15) is 14.4 Å². The van der Waals surface area contributed by atoms with Gasteiger partial charge in [0.1, 0.15) is 6.04 Å². The third-order valence-electron chi connectivity index (χ3n) is 10.6. The van der Waals surface area contributed by atoms with Crippen molar-refractivity contribution in [3.8, 4) is 0 Å². The topological polar surface area (TPSA) is 121 Å². The Kier molecular flexibility index (Phi) is 9.11. The third-order valence-corrected chi connectivity index (χ3v) is 11.6. The third kappa shape index (κ3) is 6.57. The van der Waals surface area contributed by atoms with Gasteiger partial charge in [-0.15, -0.1) is 0 Å². The molecule has 0 spiro atoms. The maximum Gasteiger partial charge on any atom is 0.318 e. The number of pyridine rings is 1. The minimum absolute atomic E-state index is 0.00983. The van der Waals surface area contributed by atoms with Gasteiger partial charge in [-0.25, -0.2) is 4.79 Å². The van der Waals surface area contributed by atoms with Crippen molar-refractivity contribution in [1.82, 2.24) is 40.1 Å². The highest BCUT2D eigenvalue weighted by Gasteiger charge is 2.34. The van der Waals surface area contributed by atoms with Crippen molar-refractivity contribution in [3.05, 3.63) is 62.7 Å². The number of aromatic amines is 2. The molecule has 0 radical (unpaired) electrons. The second-order valence-electron chi connectivity index (χ2n) is 13.7. The molecular weight excluding hydrogens is 600 g/mol.